The largest absolute Gasteiger partial charge is 0.457 e. The average Bonchev–Trinajstić information content (AvgIpc) is 2.40. The van der Waals surface area contributed by atoms with Gasteiger partial charge in [0.25, 0.3) is 0 Å². The fraction of sp³-hybridized carbons (Fsp3) is 0.0714. The first-order chi connectivity index (χ1) is 8.29. The molecule has 0 atom stereocenters. The van der Waals surface area contributed by atoms with Crippen molar-refractivity contribution in [2.24, 2.45) is 5.16 Å². The number of hydrogen-bond donors (Lipinski definition) is 1. The fourth-order valence-corrected chi connectivity index (χ4v) is 1.40. The number of ether oxygens (including phenoxy) is 1. The molecule has 0 heterocycles. The highest BCUT2D eigenvalue weighted by atomic mass is 16.5. The molecule has 1 N–H and O–H groups in total. The van der Waals surface area contributed by atoms with Gasteiger partial charge in [-0.3, -0.25) is 0 Å². The minimum absolute atomic E-state index is 0.575. The van der Waals surface area contributed by atoms with Gasteiger partial charge in [-0.25, -0.2) is 0 Å². The zero-order valence-electron chi connectivity index (χ0n) is 9.42. The van der Waals surface area contributed by atoms with Gasteiger partial charge >= 0.3 is 0 Å². The van der Waals surface area contributed by atoms with Gasteiger partial charge in [0.2, 0.25) is 0 Å². The normalized spacial score (nSPS) is 11.2. The number of nitrogens with zero attached hydrogens (tertiary/aromatic N) is 1. The standard InChI is InChI=1S/C14H12NO2/c1-11(15-16)12-7-9-14(10-8-12)17-13-5-3-2-4-6-13/h3-10,16H,1H3. The molecule has 0 spiro atoms. The molecule has 0 aliphatic heterocycles. The van der Waals surface area contributed by atoms with Gasteiger partial charge in [0.1, 0.15) is 11.5 Å². The van der Waals surface area contributed by atoms with E-state index in [1.165, 1.54) is 0 Å². The fourth-order valence-electron chi connectivity index (χ4n) is 1.40. The van der Waals surface area contributed by atoms with E-state index in [1.807, 2.05) is 36.4 Å². The smallest absolute Gasteiger partial charge is 0.127 e. The van der Waals surface area contributed by atoms with Crippen molar-refractivity contribution in [3.8, 4) is 11.5 Å². The van der Waals surface area contributed by atoms with E-state index < -0.39 is 0 Å². The maximum atomic E-state index is 8.65. The van der Waals surface area contributed by atoms with Crippen molar-refractivity contribution in [3.05, 3.63) is 60.2 Å². The van der Waals surface area contributed by atoms with Crippen LogP contribution in [-0.4, -0.2) is 10.9 Å². The molecule has 3 heteroatoms. The molecule has 0 aliphatic carbocycles. The highest BCUT2D eigenvalue weighted by Gasteiger charge is 1.99. The Morgan fingerprint density at radius 2 is 1.65 bits per heavy atom. The van der Waals surface area contributed by atoms with Gasteiger partial charge in [0.05, 0.1) is 5.71 Å². The summed E-state index contributed by atoms with van der Waals surface area (Å²) >= 11 is 0. The van der Waals surface area contributed by atoms with Crippen LogP contribution in [0.25, 0.3) is 0 Å². The summed E-state index contributed by atoms with van der Waals surface area (Å²) in [6.07, 6.45) is 0. The molecule has 2 aromatic carbocycles. The first-order valence-corrected chi connectivity index (χ1v) is 5.22. The lowest BCUT2D eigenvalue weighted by atomic mass is 10.1. The first kappa shape index (κ1) is 11.2. The lowest BCUT2D eigenvalue weighted by molar-refractivity contribution is 0.319. The van der Waals surface area contributed by atoms with E-state index in [2.05, 4.69) is 11.2 Å². The molecule has 0 aromatic heterocycles. The molecule has 17 heavy (non-hydrogen) atoms. The first-order valence-electron chi connectivity index (χ1n) is 5.22. The van der Waals surface area contributed by atoms with Crippen LogP contribution in [0.5, 0.6) is 11.5 Å². The molecule has 2 aromatic rings. The molecule has 0 unspecified atom stereocenters. The summed E-state index contributed by atoms with van der Waals surface area (Å²) in [5, 5.41) is 11.8. The number of rotatable bonds is 3. The molecule has 0 saturated heterocycles. The second kappa shape index (κ2) is 5.16. The van der Waals surface area contributed by atoms with Crippen molar-refractivity contribution in [1.29, 1.82) is 0 Å². The van der Waals surface area contributed by atoms with Crippen LogP contribution in [0.1, 0.15) is 12.5 Å². The van der Waals surface area contributed by atoms with Crippen LogP contribution in [0.2, 0.25) is 0 Å². The van der Waals surface area contributed by atoms with Crippen LogP contribution < -0.4 is 4.74 Å². The van der Waals surface area contributed by atoms with Crippen LogP contribution in [0, 0.1) is 6.07 Å². The van der Waals surface area contributed by atoms with E-state index in [4.69, 9.17) is 9.94 Å². The molecule has 0 fully saturated rings. The Morgan fingerprint density at radius 1 is 1.06 bits per heavy atom. The van der Waals surface area contributed by atoms with Crippen LogP contribution in [0.15, 0.2) is 53.7 Å². The van der Waals surface area contributed by atoms with Gasteiger partial charge < -0.3 is 9.94 Å². The third kappa shape index (κ3) is 2.84. The zero-order valence-corrected chi connectivity index (χ0v) is 9.42. The van der Waals surface area contributed by atoms with Crippen molar-refractivity contribution >= 4 is 5.71 Å². The summed E-state index contributed by atoms with van der Waals surface area (Å²) in [5.74, 6) is 1.51. The van der Waals surface area contributed by atoms with Crippen molar-refractivity contribution < 1.29 is 9.94 Å². The van der Waals surface area contributed by atoms with Crippen molar-refractivity contribution in [1.82, 2.24) is 0 Å². The summed E-state index contributed by atoms with van der Waals surface area (Å²) in [7, 11) is 0. The third-order valence-corrected chi connectivity index (χ3v) is 2.35. The summed E-state index contributed by atoms with van der Waals surface area (Å²) in [6.45, 7) is 1.74. The molecule has 0 saturated carbocycles. The number of hydrogen-bond acceptors (Lipinski definition) is 3. The molecular weight excluding hydrogens is 214 g/mol. The second-order valence-electron chi connectivity index (χ2n) is 3.55. The van der Waals surface area contributed by atoms with Crippen LogP contribution in [0.3, 0.4) is 0 Å². The Labute approximate surface area is 100.0 Å². The van der Waals surface area contributed by atoms with Gasteiger partial charge in [0.15, 0.2) is 0 Å². The molecule has 0 aliphatic rings. The summed E-state index contributed by atoms with van der Waals surface area (Å²) in [5.41, 5.74) is 1.44. The van der Waals surface area contributed by atoms with Crippen LogP contribution in [0.4, 0.5) is 0 Å². The molecule has 0 bridgehead atoms. The van der Waals surface area contributed by atoms with Crippen molar-refractivity contribution in [3.63, 3.8) is 0 Å². The molecule has 1 radical (unpaired) electrons. The maximum absolute atomic E-state index is 8.65. The highest BCUT2D eigenvalue weighted by molar-refractivity contribution is 5.98. The Bertz CT molecular complexity index is 504. The third-order valence-electron chi connectivity index (χ3n) is 2.35. The van der Waals surface area contributed by atoms with E-state index in [9.17, 15) is 0 Å². The Kier molecular flexibility index (Phi) is 3.40. The highest BCUT2D eigenvalue weighted by Crippen LogP contribution is 2.21. The van der Waals surface area contributed by atoms with E-state index >= 15 is 0 Å². The predicted octanol–water partition coefficient (Wildman–Crippen LogP) is 3.48. The van der Waals surface area contributed by atoms with E-state index in [0.29, 0.717) is 5.71 Å². The SMILES string of the molecule is CC(=NO)c1ccc(Oc2cc[c]cc2)cc1. The number of benzene rings is 2. The van der Waals surface area contributed by atoms with Crippen LogP contribution >= 0.6 is 0 Å². The van der Waals surface area contributed by atoms with Gasteiger partial charge in [-0.2, -0.15) is 0 Å². The van der Waals surface area contributed by atoms with Gasteiger partial charge in [0, 0.05) is 0 Å². The number of oxime groups is 1. The average molecular weight is 226 g/mol. The zero-order chi connectivity index (χ0) is 12.1. The predicted molar refractivity (Wildman–Crippen MR) is 65.8 cm³/mol. The molecule has 0 amide bonds. The van der Waals surface area contributed by atoms with E-state index in [0.717, 1.165) is 17.1 Å². The summed E-state index contributed by atoms with van der Waals surface area (Å²) < 4.78 is 5.62. The second-order valence-corrected chi connectivity index (χ2v) is 3.55. The van der Waals surface area contributed by atoms with Gasteiger partial charge in [-0.15, -0.1) is 0 Å². The Morgan fingerprint density at radius 3 is 2.24 bits per heavy atom. The molecule has 85 valence electrons. The minimum Gasteiger partial charge on any atom is -0.457 e. The van der Waals surface area contributed by atoms with E-state index in [1.54, 1.807) is 19.1 Å². The van der Waals surface area contributed by atoms with Crippen molar-refractivity contribution in [2.45, 2.75) is 6.92 Å². The quantitative estimate of drug-likeness (QED) is 0.494. The summed E-state index contributed by atoms with van der Waals surface area (Å²) in [6, 6.07) is 17.6. The van der Waals surface area contributed by atoms with Crippen LogP contribution in [-0.2, 0) is 0 Å². The monoisotopic (exact) mass is 226 g/mol. The van der Waals surface area contributed by atoms with E-state index in [-0.39, 0.29) is 0 Å². The topological polar surface area (TPSA) is 41.8 Å². The minimum atomic E-state index is 0.575. The molecular formula is C14H12NO2. The maximum Gasteiger partial charge on any atom is 0.127 e. The van der Waals surface area contributed by atoms with Crippen molar-refractivity contribution in [2.75, 3.05) is 0 Å². The lowest BCUT2D eigenvalue weighted by Gasteiger charge is -2.05. The Balaban J connectivity index is 2.14. The molecule has 2 rings (SSSR count). The lowest BCUT2D eigenvalue weighted by Crippen LogP contribution is -1.93. The van der Waals surface area contributed by atoms with Gasteiger partial charge in [-0.1, -0.05) is 17.3 Å². The van der Waals surface area contributed by atoms with Gasteiger partial charge in [-0.05, 0) is 55.0 Å². The molecule has 3 nitrogen and oxygen atoms in total. The Hall–Kier alpha value is -2.29. The summed E-state index contributed by atoms with van der Waals surface area (Å²) in [4.78, 5) is 0.